The first-order valence-corrected chi connectivity index (χ1v) is 7.91. The predicted octanol–water partition coefficient (Wildman–Crippen LogP) is 4.47. The largest absolute Gasteiger partial charge is 0.345 e. The molecule has 1 heterocycles. The Morgan fingerprint density at radius 3 is 2.90 bits per heavy atom. The fourth-order valence-electron chi connectivity index (χ4n) is 4.42. The topological polar surface area (TPSA) is 3.24 Å². The number of aryl methyl sites for hydroxylation is 1. The second kappa shape index (κ2) is 4.25. The summed E-state index contributed by atoms with van der Waals surface area (Å²) in [6.45, 7) is 10.2. The summed E-state index contributed by atoms with van der Waals surface area (Å²) in [7, 11) is 0. The molecule has 1 fully saturated rings. The molecule has 0 N–H and O–H groups in total. The quantitative estimate of drug-likeness (QED) is 0.713. The molecular weight excluding hydrogens is 242 g/mol. The van der Waals surface area contributed by atoms with Crippen LogP contribution in [0, 0.1) is 24.7 Å². The summed E-state index contributed by atoms with van der Waals surface area (Å²) >= 11 is 0. The average molecular weight is 265 g/mol. The number of hydrogen-bond acceptors (Lipinski definition) is 1. The smallest absolute Gasteiger partial charge is 0.0444 e. The molecular formula is C19H23N. The average Bonchev–Trinajstić information content (AvgIpc) is 3.00. The minimum atomic E-state index is 0.575. The van der Waals surface area contributed by atoms with Gasteiger partial charge in [-0.05, 0) is 55.2 Å². The molecule has 3 atom stereocenters. The molecule has 1 aromatic rings. The second-order valence-electron chi connectivity index (χ2n) is 6.81. The molecule has 3 aliphatic rings. The lowest BCUT2D eigenvalue weighted by Crippen LogP contribution is -2.24. The van der Waals surface area contributed by atoms with Gasteiger partial charge in [0.25, 0.3) is 0 Å². The standard InChI is InChI=1S/C19H23N/c1-12-5-4-6-19-17(12)7-8-20(19)14(3)15-10-16-9-13(2)18(16)11-15/h4-6,11,13,15-16H,3,7-10H2,1-2H3. The van der Waals surface area contributed by atoms with E-state index in [4.69, 9.17) is 0 Å². The van der Waals surface area contributed by atoms with Crippen molar-refractivity contribution in [2.75, 3.05) is 11.4 Å². The number of benzene rings is 1. The van der Waals surface area contributed by atoms with Gasteiger partial charge in [0.1, 0.15) is 0 Å². The second-order valence-corrected chi connectivity index (χ2v) is 6.81. The van der Waals surface area contributed by atoms with E-state index in [0.29, 0.717) is 5.92 Å². The van der Waals surface area contributed by atoms with Crippen molar-refractivity contribution in [1.82, 2.24) is 0 Å². The Kier molecular flexibility index (Phi) is 2.60. The maximum absolute atomic E-state index is 4.45. The highest BCUT2D eigenvalue weighted by Crippen LogP contribution is 2.51. The molecule has 0 radical (unpaired) electrons. The molecule has 104 valence electrons. The van der Waals surface area contributed by atoms with Crippen LogP contribution in [0.25, 0.3) is 0 Å². The summed E-state index contributed by atoms with van der Waals surface area (Å²) in [6, 6.07) is 6.67. The molecule has 20 heavy (non-hydrogen) atoms. The SMILES string of the molecule is C=C(C1C=C2C(C)CC2C1)N1CCc2c(C)cccc21. The summed E-state index contributed by atoms with van der Waals surface area (Å²) in [6.07, 6.45) is 6.39. The van der Waals surface area contributed by atoms with Gasteiger partial charge in [-0.3, -0.25) is 0 Å². The molecule has 1 saturated carbocycles. The van der Waals surface area contributed by atoms with Crippen molar-refractivity contribution in [3.05, 3.63) is 53.3 Å². The van der Waals surface area contributed by atoms with E-state index in [1.165, 1.54) is 41.8 Å². The molecule has 1 nitrogen and oxygen atoms in total. The van der Waals surface area contributed by atoms with Crippen LogP contribution < -0.4 is 4.90 Å². The van der Waals surface area contributed by atoms with Crippen LogP contribution in [0.4, 0.5) is 5.69 Å². The van der Waals surface area contributed by atoms with E-state index < -0.39 is 0 Å². The van der Waals surface area contributed by atoms with Gasteiger partial charge in [0, 0.05) is 23.8 Å². The van der Waals surface area contributed by atoms with Gasteiger partial charge in [0.05, 0.1) is 0 Å². The van der Waals surface area contributed by atoms with E-state index >= 15 is 0 Å². The van der Waals surface area contributed by atoms with E-state index in [1.807, 2.05) is 0 Å². The summed E-state index contributed by atoms with van der Waals surface area (Å²) < 4.78 is 0. The maximum atomic E-state index is 4.45. The van der Waals surface area contributed by atoms with Gasteiger partial charge >= 0.3 is 0 Å². The monoisotopic (exact) mass is 265 g/mol. The number of rotatable bonds is 2. The molecule has 3 unspecified atom stereocenters. The van der Waals surface area contributed by atoms with Crippen molar-refractivity contribution >= 4 is 5.69 Å². The minimum Gasteiger partial charge on any atom is -0.345 e. The van der Waals surface area contributed by atoms with E-state index in [-0.39, 0.29) is 0 Å². The Morgan fingerprint density at radius 1 is 1.30 bits per heavy atom. The first-order chi connectivity index (χ1) is 9.65. The fourth-order valence-corrected chi connectivity index (χ4v) is 4.42. The number of fused-ring (bicyclic) bond motifs is 2. The first kappa shape index (κ1) is 12.3. The van der Waals surface area contributed by atoms with Crippen LogP contribution >= 0.6 is 0 Å². The van der Waals surface area contributed by atoms with Crippen LogP contribution in [0.15, 0.2) is 42.1 Å². The Morgan fingerprint density at radius 2 is 2.15 bits per heavy atom. The van der Waals surface area contributed by atoms with Crippen LogP contribution in [0.1, 0.15) is 30.9 Å². The Bertz CT molecular complexity index is 610. The van der Waals surface area contributed by atoms with Crippen LogP contribution in [0.2, 0.25) is 0 Å². The summed E-state index contributed by atoms with van der Waals surface area (Å²) in [4.78, 5) is 2.47. The van der Waals surface area contributed by atoms with E-state index in [9.17, 15) is 0 Å². The molecule has 0 spiro atoms. The third kappa shape index (κ3) is 1.62. The number of hydrogen-bond donors (Lipinski definition) is 0. The first-order valence-electron chi connectivity index (χ1n) is 7.91. The zero-order chi connectivity index (χ0) is 13.9. The van der Waals surface area contributed by atoms with E-state index in [1.54, 1.807) is 5.57 Å². The van der Waals surface area contributed by atoms with Crippen molar-refractivity contribution in [3.63, 3.8) is 0 Å². The van der Waals surface area contributed by atoms with Gasteiger partial charge in [0.2, 0.25) is 0 Å². The molecule has 1 aliphatic heterocycles. The molecule has 2 aliphatic carbocycles. The molecule has 0 bridgehead atoms. The third-order valence-corrected chi connectivity index (χ3v) is 5.65. The van der Waals surface area contributed by atoms with Crippen molar-refractivity contribution in [1.29, 1.82) is 0 Å². The molecule has 1 heteroatoms. The molecule has 0 amide bonds. The minimum absolute atomic E-state index is 0.575. The zero-order valence-electron chi connectivity index (χ0n) is 12.5. The van der Waals surface area contributed by atoms with Gasteiger partial charge in [-0.2, -0.15) is 0 Å². The fraction of sp³-hybridized carbons (Fsp3) is 0.474. The number of allylic oxidation sites excluding steroid dienone is 2. The zero-order valence-corrected chi connectivity index (χ0v) is 12.5. The number of anilines is 1. The van der Waals surface area contributed by atoms with Crippen molar-refractivity contribution in [2.24, 2.45) is 17.8 Å². The van der Waals surface area contributed by atoms with Gasteiger partial charge in [0.15, 0.2) is 0 Å². The summed E-state index contributed by atoms with van der Waals surface area (Å²) in [5.74, 6) is 2.27. The molecule has 1 aromatic carbocycles. The summed E-state index contributed by atoms with van der Waals surface area (Å²) in [5.41, 5.74) is 7.39. The summed E-state index contributed by atoms with van der Waals surface area (Å²) in [5, 5.41) is 0. The lowest BCUT2D eigenvalue weighted by Gasteiger charge is -2.33. The van der Waals surface area contributed by atoms with Gasteiger partial charge in [-0.15, -0.1) is 0 Å². The Hall–Kier alpha value is -1.50. The van der Waals surface area contributed by atoms with Crippen LogP contribution in [-0.2, 0) is 6.42 Å². The van der Waals surface area contributed by atoms with Crippen LogP contribution in [0.3, 0.4) is 0 Å². The predicted molar refractivity (Wildman–Crippen MR) is 84.8 cm³/mol. The van der Waals surface area contributed by atoms with Crippen LogP contribution in [0.5, 0.6) is 0 Å². The normalized spacial score (nSPS) is 30.6. The highest BCUT2D eigenvalue weighted by Gasteiger charge is 2.40. The maximum Gasteiger partial charge on any atom is 0.0444 e. The van der Waals surface area contributed by atoms with E-state index in [0.717, 1.165) is 18.4 Å². The van der Waals surface area contributed by atoms with Crippen molar-refractivity contribution in [3.8, 4) is 0 Å². The Balaban J connectivity index is 1.60. The highest BCUT2D eigenvalue weighted by molar-refractivity contribution is 5.64. The lowest BCUT2D eigenvalue weighted by molar-refractivity contribution is 0.333. The highest BCUT2D eigenvalue weighted by atomic mass is 15.2. The Labute approximate surface area is 122 Å². The van der Waals surface area contributed by atoms with Gasteiger partial charge in [-0.1, -0.05) is 37.3 Å². The van der Waals surface area contributed by atoms with E-state index in [2.05, 4.69) is 49.6 Å². The third-order valence-electron chi connectivity index (χ3n) is 5.65. The van der Waals surface area contributed by atoms with Crippen LogP contribution in [-0.4, -0.2) is 6.54 Å². The van der Waals surface area contributed by atoms with Gasteiger partial charge in [-0.25, -0.2) is 0 Å². The van der Waals surface area contributed by atoms with Crippen molar-refractivity contribution in [2.45, 2.75) is 33.1 Å². The molecule has 0 aromatic heterocycles. The number of nitrogens with zero attached hydrogens (tertiary/aromatic N) is 1. The molecule has 0 saturated heterocycles. The molecule has 4 rings (SSSR count). The van der Waals surface area contributed by atoms with Crippen molar-refractivity contribution < 1.29 is 0 Å². The lowest BCUT2D eigenvalue weighted by atomic mass is 9.72. The van der Waals surface area contributed by atoms with Gasteiger partial charge < -0.3 is 4.90 Å².